The molecule has 0 saturated carbocycles. The van der Waals surface area contributed by atoms with Gasteiger partial charge in [-0.15, -0.1) is 12.4 Å². The van der Waals surface area contributed by atoms with E-state index in [9.17, 15) is 0 Å². The van der Waals surface area contributed by atoms with Crippen LogP contribution in [0.25, 0.3) is 5.69 Å². The van der Waals surface area contributed by atoms with E-state index in [2.05, 4.69) is 29.9 Å². The van der Waals surface area contributed by atoms with Gasteiger partial charge in [0.1, 0.15) is 11.4 Å². The summed E-state index contributed by atoms with van der Waals surface area (Å²) in [5.41, 5.74) is 8.53. The van der Waals surface area contributed by atoms with Crippen molar-refractivity contribution in [2.45, 2.75) is 32.9 Å². The molecule has 3 rings (SSSR count). The van der Waals surface area contributed by atoms with E-state index in [1.807, 2.05) is 35.1 Å². The van der Waals surface area contributed by atoms with Crippen molar-refractivity contribution in [1.82, 2.24) is 14.7 Å². The van der Waals surface area contributed by atoms with Crippen molar-refractivity contribution in [2.75, 3.05) is 20.2 Å². The van der Waals surface area contributed by atoms with Gasteiger partial charge in [0.15, 0.2) is 0 Å². The summed E-state index contributed by atoms with van der Waals surface area (Å²) in [6.07, 6.45) is 2.89. The van der Waals surface area contributed by atoms with Gasteiger partial charge in [-0.05, 0) is 30.0 Å². The number of benzene rings is 1. The average Bonchev–Trinajstić information content (AvgIpc) is 2.98. The number of methoxy groups -OCH3 is 1. The highest BCUT2D eigenvalue weighted by molar-refractivity contribution is 5.85. The number of rotatable bonds is 4. The lowest BCUT2D eigenvalue weighted by atomic mass is 9.80. The summed E-state index contributed by atoms with van der Waals surface area (Å²) < 4.78 is 7.44. The Balaban J connectivity index is 0.00000208. The third-order valence-electron chi connectivity index (χ3n) is 4.81. The third-order valence-corrected chi connectivity index (χ3v) is 4.81. The molecule has 1 atom stereocenters. The van der Waals surface area contributed by atoms with Gasteiger partial charge >= 0.3 is 0 Å². The van der Waals surface area contributed by atoms with E-state index in [4.69, 9.17) is 10.5 Å². The molecule has 0 radical (unpaired) electrons. The maximum atomic E-state index is 6.25. The predicted octanol–water partition coefficient (Wildman–Crippen LogP) is 2.86. The summed E-state index contributed by atoms with van der Waals surface area (Å²) in [4.78, 5) is 2.46. The number of piperidine rings is 1. The Hall–Kier alpha value is -1.56. The standard InChI is InChI=1S/C18H26N4O.ClH/c1-18(2)13-21(11-9-17(18)19)12-14-8-10-20-22(14)15-6-4-5-7-16(15)23-3;/h4-8,10,17H,9,11-13,19H2,1-3H3;1H. The molecule has 6 heteroatoms. The van der Waals surface area contributed by atoms with Gasteiger partial charge in [0.2, 0.25) is 0 Å². The maximum absolute atomic E-state index is 6.25. The zero-order valence-electron chi connectivity index (χ0n) is 14.6. The number of ether oxygens (including phenoxy) is 1. The van der Waals surface area contributed by atoms with E-state index in [0.717, 1.165) is 37.5 Å². The van der Waals surface area contributed by atoms with Crippen LogP contribution in [0.4, 0.5) is 0 Å². The fourth-order valence-electron chi connectivity index (χ4n) is 3.32. The van der Waals surface area contributed by atoms with Crippen LogP contribution in [0.3, 0.4) is 0 Å². The van der Waals surface area contributed by atoms with Crippen LogP contribution in [0, 0.1) is 5.41 Å². The molecule has 2 heterocycles. The molecule has 1 aliphatic heterocycles. The summed E-state index contributed by atoms with van der Waals surface area (Å²) >= 11 is 0. The molecule has 2 N–H and O–H groups in total. The lowest BCUT2D eigenvalue weighted by Crippen LogP contribution is -2.52. The van der Waals surface area contributed by atoms with Gasteiger partial charge in [0.05, 0.1) is 12.8 Å². The van der Waals surface area contributed by atoms with E-state index >= 15 is 0 Å². The van der Waals surface area contributed by atoms with Crippen LogP contribution in [-0.4, -0.2) is 40.9 Å². The fraction of sp³-hybridized carbons (Fsp3) is 0.500. The third kappa shape index (κ3) is 3.74. The quantitative estimate of drug-likeness (QED) is 0.921. The molecule has 0 spiro atoms. The van der Waals surface area contributed by atoms with E-state index in [1.54, 1.807) is 7.11 Å². The molecule has 132 valence electrons. The second-order valence-electron chi connectivity index (χ2n) is 7.00. The highest BCUT2D eigenvalue weighted by atomic mass is 35.5. The molecule has 1 fully saturated rings. The first-order valence-corrected chi connectivity index (χ1v) is 8.15. The fourth-order valence-corrected chi connectivity index (χ4v) is 3.32. The monoisotopic (exact) mass is 350 g/mol. The van der Waals surface area contributed by atoms with E-state index in [0.29, 0.717) is 0 Å². The average molecular weight is 351 g/mol. The topological polar surface area (TPSA) is 56.3 Å². The number of aromatic nitrogens is 2. The normalized spacial score (nSPS) is 20.4. The minimum atomic E-state index is 0. The second-order valence-corrected chi connectivity index (χ2v) is 7.00. The Morgan fingerprint density at radius 1 is 1.29 bits per heavy atom. The molecule has 1 saturated heterocycles. The Morgan fingerprint density at radius 3 is 2.75 bits per heavy atom. The molecule has 5 nitrogen and oxygen atoms in total. The summed E-state index contributed by atoms with van der Waals surface area (Å²) in [7, 11) is 1.69. The number of nitrogens with zero attached hydrogens (tertiary/aromatic N) is 3. The summed E-state index contributed by atoms with van der Waals surface area (Å²) in [5.74, 6) is 0.832. The molecular weight excluding hydrogens is 324 g/mol. The maximum Gasteiger partial charge on any atom is 0.144 e. The van der Waals surface area contributed by atoms with E-state index < -0.39 is 0 Å². The van der Waals surface area contributed by atoms with Gasteiger partial charge in [-0.3, -0.25) is 4.90 Å². The molecule has 1 aliphatic rings. The molecule has 1 unspecified atom stereocenters. The zero-order valence-corrected chi connectivity index (χ0v) is 15.4. The van der Waals surface area contributed by atoms with Crippen LogP contribution >= 0.6 is 12.4 Å². The minimum Gasteiger partial charge on any atom is -0.494 e. The van der Waals surface area contributed by atoms with Crippen molar-refractivity contribution in [1.29, 1.82) is 0 Å². The highest BCUT2D eigenvalue weighted by Gasteiger charge is 2.33. The van der Waals surface area contributed by atoms with Gasteiger partial charge in [-0.1, -0.05) is 26.0 Å². The number of nitrogens with two attached hydrogens (primary N) is 1. The summed E-state index contributed by atoms with van der Waals surface area (Å²) in [6, 6.07) is 10.3. The van der Waals surface area contributed by atoms with Crippen molar-refractivity contribution in [2.24, 2.45) is 11.1 Å². The molecule has 0 bridgehead atoms. The van der Waals surface area contributed by atoms with Crippen LogP contribution in [0.5, 0.6) is 5.75 Å². The smallest absolute Gasteiger partial charge is 0.144 e. The minimum absolute atomic E-state index is 0. The number of hydrogen-bond acceptors (Lipinski definition) is 4. The molecule has 0 aliphatic carbocycles. The second kappa shape index (κ2) is 7.55. The molecule has 0 amide bonds. The van der Waals surface area contributed by atoms with Gasteiger partial charge in [-0.2, -0.15) is 5.10 Å². The zero-order chi connectivity index (χ0) is 16.4. The molecule has 24 heavy (non-hydrogen) atoms. The van der Waals surface area contributed by atoms with Gasteiger partial charge < -0.3 is 10.5 Å². The van der Waals surface area contributed by atoms with E-state index in [-0.39, 0.29) is 23.9 Å². The van der Waals surface area contributed by atoms with Crippen molar-refractivity contribution < 1.29 is 4.74 Å². The summed E-state index contributed by atoms with van der Waals surface area (Å²) in [5, 5.41) is 4.50. The lowest BCUT2D eigenvalue weighted by molar-refractivity contribution is 0.0883. The predicted molar refractivity (Wildman–Crippen MR) is 99.0 cm³/mol. The number of para-hydroxylation sites is 2. The van der Waals surface area contributed by atoms with Gasteiger partial charge in [0.25, 0.3) is 0 Å². The number of likely N-dealkylation sites (tertiary alicyclic amines) is 1. The Morgan fingerprint density at radius 2 is 2.04 bits per heavy atom. The van der Waals surface area contributed by atoms with Crippen molar-refractivity contribution in [3.05, 3.63) is 42.2 Å². The molecule has 2 aromatic rings. The Kier molecular flexibility index (Phi) is 5.91. The molecule has 1 aromatic heterocycles. The Labute approximate surface area is 150 Å². The van der Waals surface area contributed by atoms with Crippen LogP contribution in [0.2, 0.25) is 0 Å². The van der Waals surface area contributed by atoms with Crippen LogP contribution in [0.15, 0.2) is 36.5 Å². The first-order valence-electron chi connectivity index (χ1n) is 8.15. The molecule has 1 aromatic carbocycles. The Bertz CT molecular complexity index is 671. The van der Waals surface area contributed by atoms with Crippen molar-refractivity contribution in [3.8, 4) is 11.4 Å². The lowest BCUT2D eigenvalue weighted by Gasteiger charge is -2.42. The highest BCUT2D eigenvalue weighted by Crippen LogP contribution is 2.29. The van der Waals surface area contributed by atoms with Crippen LogP contribution in [-0.2, 0) is 6.54 Å². The van der Waals surface area contributed by atoms with Gasteiger partial charge in [0, 0.05) is 31.9 Å². The first-order chi connectivity index (χ1) is 11.0. The molecular formula is C18H27ClN4O. The largest absolute Gasteiger partial charge is 0.494 e. The van der Waals surface area contributed by atoms with Gasteiger partial charge in [-0.25, -0.2) is 4.68 Å². The number of hydrogen-bond donors (Lipinski definition) is 1. The number of halogens is 1. The van der Waals surface area contributed by atoms with Crippen molar-refractivity contribution in [3.63, 3.8) is 0 Å². The van der Waals surface area contributed by atoms with Crippen molar-refractivity contribution >= 4 is 12.4 Å². The summed E-state index contributed by atoms with van der Waals surface area (Å²) in [6.45, 7) is 7.41. The van der Waals surface area contributed by atoms with Crippen LogP contribution < -0.4 is 10.5 Å². The first kappa shape index (κ1) is 18.8. The van der Waals surface area contributed by atoms with E-state index in [1.165, 1.54) is 5.69 Å². The SMILES string of the molecule is COc1ccccc1-n1nccc1CN1CCC(N)C(C)(C)C1.Cl. The van der Waals surface area contributed by atoms with Crippen LogP contribution in [0.1, 0.15) is 26.0 Å².